The maximum Gasteiger partial charge on any atom is 0.0566 e. The van der Waals surface area contributed by atoms with Gasteiger partial charge in [0, 0.05) is 12.0 Å². The first-order chi connectivity index (χ1) is 8.18. The molecule has 0 bridgehead atoms. The van der Waals surface area contributed by atoms with Crippen molar-refractivity contribution < 1.29 is 4.74 Å². The summed E-state index contributed by atoms with van der Waals surface area (Å²) in [5.41, 5.74) is 8.77. The summed E-state index contributed by atoms with van der Waals surface area (Å²) in [7, 11) is 0. The molecule has 2 nitrogen and oxygen atoms in total. The van der Waals surface area contributed by atoms with Crippen LogP contribution in [0.4, 0.5) is 0 Å². The molecule has 2 heteroatoms. The number of hydrogen-bond acceptors (Lipinski definition) is 2. The van der Waals surface area contributed by atoms with E-state index < -0.39 is 0 Å². The molecule has 1 aliphatic carbocycles. The summed E-state index contributed by atoms with van der Waals surface area (Å²) in [6.45, 7) is 5.66. The largest absolute Gasteiger partial charge is 0.378 e. The molecule has 2 N–H and O–H groups in total. The van der Waals surface area contributed by atoms with Gasteiger partial charge in [-0.25, -0.2) is 0 Å². The second-order valence-corrected chi connectivity index (χ2v) is 5.35. The second kappa shape index (κ2) is 5.19. The first kappa shape index (κ1) is 12.6. The van der Waals surface area contributed by atoms with Crippen LogP contribution in [-0.2, 0) is 16.7 Å². The lowest BCUT2D eigenvalue weighted by Gasteiger charge is -2.43. The van der Waals surface area contributed by atoms with Gasteiger partial charge in [-0.1, -0.05) is 30.7 Å². The van der Waals surface area contributed by atoms with Gasteiger partial charge in [-0.2, -0.15) is 0 Å². The predicted octanol–water partition coefficient (Wildman–Crippen LogP) is 2.99. The van der Waals surface area contributed by atoms with Crippen LogP contribution < -0.4 is 5.73 Å². The van der Waals surface area contributed by atoms with Crippen LogP contribution in [0, 0.1) is 0 Å². The highest BCUT2D eigenvalue weighted by molar-refractivity contribution is 5.36. The average Bonchev–Trinajstić information content (AvgIpc) is 2.28. The van der Waals surface area contributed by atoms with Gasteiger partial charge in [-0.15, -0.1) is 0 Å². The maximum atomic E-state index is 5.86. The molecule has 0 amide bonds. The van der Waals surface area contributed by atoms with Crippen molar-refractivity contribution in [2.24, 2.45) is 5.73 Å². The van der Waals surface area contributed by atoms with Crippen LogP contribution in [0.5, 0.6) is 0 Å². The summed E-state index contributed by atoms with van der Waals surface area (Å²) >= 11 is 0. The monoisotopic (exact) mass is 233 g/mol. The average molecular weight is 233 g/mol. The van der Waals surface area contributed by atoms with Crippen molar-refractivity contribution in [2.45, 2.75) is 51.2 Å². The Labute approximate surface area is 104 Å². The summed E-state index contributed by atoms with van der Waals surface area (Å²) < 4.78 is 5.86. The highest BCUT2D eigenvalue weighted by Crippen LogP contribution is 2.45. The molecule has 0 radical (unpaired) electrons. The molecular weight excluding hydrogens is 210 g/mol. The molecule has 0 unspecified atom stereocenters. The summed E-state index contributed by atoms with van der Waals surface area (Å²) in [6, 6.07) is 8.56. The molecule has 0 saturated heterocycles. The fraction of sp³-hybridized carbons (Fsp3) is 0.600. The van der Waals surface area contributed by atoms with E-state index in [1.807, 2.05) is 0 Å². The van der Waals surface area contributed by atoms with E-state index in [1.54, 1.807) is 0 Å². The molecule has 1 saturated carbocycles. The third kappa shape index (κ3) is 2.53. The molecule has 17 heavy (non-hydrogen) atoms. The van der Waals surface area contributed by atoms with Crippen molar-refractivity contribution in [3.05, 3.63) is 35.4 Å². The second-order valence-electron chi connectivity index (χ2n) is 5.35. The Morgan fingerprint density at radius 1 is 1.29 bits per heavy atom. The van der Waals surface area contributed by atoms with Gasteiger partial charge >= 0.3 is 0 Å². The van der Waals surface area contributed by atoms with Crippen molar-refractivity contribution in [1.82, 2.24) is 0 Å². The van der Waals surface area contributed by atoms with Crippen molar-refractivity contribution in [2.75, 3.05) is 6.61 Å². The maximum absolute atomic E-state index is 5.86. The summed E-state index contributed by atoms with van der Waals surface area (Å²) in [6.07, 6.45) is 4.07. The van der Waals surface area contributed by atoms with Crippen LogP contribution in [-0.4, -0.2) is 12.7 Å². The Hall–Kier alpha value is -0.860. The standard InChI is InChI=1S/C15H23NO/c1-12(2)17-11-15(8-5-9-15)14-7-4-3-6-13(14)10-16/h3-4,6-7,12H,5,8-11,16H2,1-2H3. The quantitative estimate of drug-likeness (QED) is 0.848. The molecule has 1 aromatic carbocycles. The molecule has 94 valence electrons. The first-order valence-electron chi connectivity index (χ1n) is 6.58. The molecule has 0 aromatic heterocycles. The third-order valence-corrected chi connectivity index (χ3v) is 3.81. The smallest absolute Gasteiger partial charge is 0.0566 e. The van der Waals surface area contributed by atoms with E-state index in [2.05, 4.69) is 38.1 Å². The minimum atomic E-state index is 0.236. The molecule has 2 rings (SSSR count). The van der Waals surface area contributed by atoms with Gasteiger partial charge in [0.15, 0.2) is 0 Å². The highest BCUT2D eigenvalue weighted by Gasteiger charge is 2.40. The molecule has 0 spiro atoms. The zero-order valence-corrected chi connectivity index (χ0v) is 10.9. The van der Waals surface area contributed by atoms with Gasteiger partial charge in [-0.3, -0.25) is 0 Å². The molecule has 0 aliphatic heterocycles. The number of ether oxygens (including phenoxy) is 1. The lowest BCUT2D eigenvalue weighted by atomic mass is 9.64. The van der Waals surface area contributed by atoms with Gasteiger partial charge in [0.2, 0.25) is 0 Å². The van der Waals surface area contributed by atoms with Crippen LogP contribution >= 0.6 is 0 Å². The molecule has 1 aromatic rings. The van der Waals surface area contributed by atoms with Gasteiger partial charge in [0.25, 0.3) is 0 Å². The van der Waals surface area contributed by atoms with Gasteiger partial charge in [0.05, 0.1) is 12.7 Å². The van der Waals surface area contributed by atoms with Crippen molar-refractivity contribution in [3.8, 4) is 0 Å². The molecule has 1 aliphatic rings. The van der Waals surface area contributed by atoms with E-state index in [-0.39, 0.29) is 5.41 Å². The summed E-state index contributed by atoms with van der Waals surface area (Å²) in [5, 5.41) is 0. The fourth-order valence-electron chi connectivity index (χ4n) is 2.64. The van der Waals surface area contributed by atoms with E-state index in [0.29, 0.717) is 12.6 Å². The van der Waals surface area contributed by atoms with Crippen molar-refractivity contribution in [1.29, 1.82) is 0 Å². The van der Waals surface area contributed by atoms with Crippen LogP contribution in [0.1, 0.15) is 44.2 Å². The molecular formula is C15H23NO. The van der Waals surface area contributed by atoms with E-state index in [4.69, 9.17) is 10.5 Å². The number of nitrogens with two attached hydrogens (primary N) is 1. The Kier molecular flexibility index (Phi) is 3.85. The predicted molar refractivity (Wildman–Crippen MR) is 71.0 cm³/mol. The summed E-state index contributed by atoms with van der Waals surface area (Å²) in [4.78, 5) is 0. The lowest BCUT2D eigenvalue weighted by molar-refractivity contribution is 0.00953. The Balaban J connectivity index is 2.21. The zero-order chi connectivity index (χ0) is 12.3. The molecule has 0 heterocycles. The topological polar surface area (TPSA) is 35.2 Å². The van der Waals surface area contributed by atoms with E-state index in [9.17, 15) is 0 Å². The minimum Gasteiger partial charge on any atom is -0.378 e. The Morgan fingerprint density at radius 3 is 2.53 bits per heavy atom. The zero-order valence-electron chi connectivity index (χ0n) is 10.9. The SMILES string of the molecule is CC(C)OCC1(c2ccccc2CN)CCC1. The van der Waals surface area contributed by atoms with Gasteiger partial charge in [-0.05, 0) is 37.8 Å². The summed E-state index contributed by atoms with van der Waals surface area (Å²) in [5.74, 6) is 0. The van der Waals surface area contributed by atoms with Crippen molar-refractivity contribution in [3.63, 3.8) is 0 Å². The number of hydrogen-bond donors (Lipinski definition) is 1. The molecule has 0 atom stereocenters. The fourth-order valence-corrected chi connectivity index (χ4v) is 2.64. The Morgan fingerprint density at radius 2 is 2.00 bits per heavy atom. The van der Waals surface area contributed by atoms with Crippen LogP contribution in [0.15, 0.2) is 24.3 Å². The van der Waals surface area contributed by atoms with E-state index in [0.717, 1.165) is 6.61 Å². The Bertz CT molecular complexity index is 369. The van der Waals surface area contributed by atoms with Crippen LogP contribution in [0.3, 0.4) is 0 Å². The van der Waals surface area contributed by atoms with Gasteiger partial charge < -0.3 is 10.5 Å². The van der Waals surface area contributed by atoms with Crippen LogP contribution in [0.2, 0.25) is 0 Å². The lowest BCUT2D eigenvalue weighted by Crippen LogP contribution is -2.40. The van der Waals surface area contributed by atoms with Crippen molar-refractivity contribution >= 4 is 0 Å². The van der Waals surface area contributed by atoms with Crippen LogP contribution in [0.25, 0.3) is 0 Å². The normalized spacial score (nSPS) is 18.1. The minimum absolute atomic E-state index is 0.236. The van der Waals surface area contributed by atoms with E-state index in [1.165, 1.54) is 30.4 Å². The number of benzene rings is 1. The highest BCUT2D eigenvalue weighted by atomic mass is 16.5. The van der Waals surface area contributed by atoms with E-state index >= 15 is 0 Å². The van der Waals surface area contributed by atoms with Gasteiger partial charge in [0.1, 0.15) is 0 Å². The number of rotatable bonds is 5. The first-order valence-corrected chi connectivity index (χ1v) is 6.58. The third-order valence-electron chi connectivity index (χ3n) is 3.81. The molecule has 1 fully saturated rings.